The van der Waals surface area contributed by atoms with E-state index in [2.05, 4.69) is 6.07 Å². The Labute approximate surface area is 108 Å². The van der Waals surface area contributed by atoms with Gasteiger partial charge in [-0.1, -0.05) is 6.07 Å². The molecule has 1 rings (SSSR count). The minimum atomic E-state index is -1.00. The van der Waals surface area contributed by atoms with E-state index in [1.54, 1.807) is 6.92 Å². The van der Waals surface area contributed by atoms with E-state index in [0.717, 1.165) is 22.4 Å². The minimum absolute atomic E-state index is 0.0207. The molecule has 0 saturated carbocycles. The van der Waals surface area contributed by atoms with Crippen LogP contribution in [-0.2, 0) is 9.53 Å². The van der Waals surface area contributed by atoms with Crippen molar-refractivity contribution in [3.8, 4) is 5.75 Å². The van der Waals surface area contributed by atoms with E-state index >= 15 is 0 Å². The lowest BCUT2D eigenvalue weighted by atomic mass is 10.1. The molecule has 0 bridgehead atoms. The van der Waals surface area contributed by atoms with Gasteiger partial charge in [-0.15, -0.1) is 0 Å². The Morgan fingerprint density at radius 2 is 2.00 bits per heavy atom. The van der Waals surface area contributed by atoms with Crippen molar-refractivity contribution in [3.05, 3.63) is 28.8 Å². The first-order chi connectivity index (χ1) is 8.45. The second-order valence-electron chi connectivity index (χ2n) is 4.30. The monoisotopic (exact) mass is 252 g/mol. The molecule has 0 aliphatic carbocycles. The van der Waals surface area contributed by atoms with Gasteiger partial charge in [0.05, 0.1) is 0 Å². The average Bonchev–Trinajstić information content (AvgIpc) is 2.29. The van der Waals surface area contributed by atoms with Gasteiger partial charge in [-0.25, -0.2) is 4.79 Å². The molecule has 1 aromatic carbocycles. The highest BCUT2D eigenvalue weighted by Gasteiger charge is 2.18. The number of hydrogen-bond donors (Lipinski definition) is 1. The first kappa shape index (κ1) is 14.5. The lowest BCUT2D eigenvalue weighted by Crippen LogP contribution is -2.30. The van der Waals surface area contributed by atoms with Crippen molar-refractivity contribution >= 4 is 5.97 Å². The number of aliphatic carboxylic acids is 1. The second-order valence-corrected chi connectivity index (χ2v) is 4.30. The summed E-state index contributed by atoms with van der Waals surface area (Å²) >= 11 is 0. The minimum Gasteiger partial charge on any atom is -0.490 e. The standard InChI is InChI=1S/C14H20O4/c1-5-17-13(14(15)16)8-18-12-7-9(2)6-10(3)11(12)4/h6-7,13H,5,8H2,1-4H3,(H,15,16). The van der Waals surface area contributed by atoms with E-state index in [4.69, 9.17) is 14.6 Å². The molecule has 0 saturated heterocycles. The molecule has 0 radical (unpaired) electrons. The van der Waals surface area contributed by atoms with Crippen LogP contribution in [0.2, 0.25) is 0 Å². The van der Waals surface area contributed by atoms with Crippen LogP contribution in [0.5, 0.6) is 5.75 Å². The third-order valence-electron chi connectivity index (χ3n) is 2.80. The van der Waals surface area contributed by atoms with Gasteiger partial charge >= 0.3 is 5.97 Å². The third kappa shape index (κ3) is 3.74. The zero-order chi connectivity index (χ0) is 13.7. The van der Waals surface area contributed by atoms with Crippen molar-refractivity contribution in [2.75, 3.05) is 13.2 Å². The molecule has 4 heteroatoms. The molecule has 0 aromatic heterocycles. The van der Waals surface area contributed by atoms with Gasteiger partial charge in [-0.3, -0.25) is 0 Å². The second kappa shape index (κ2) is 6.40. The van der Waals surface area contributed by atoms with Crippen LogP contribution < -0.4 is 4.74 Å². The van der Waals surface area contributed by atoms with Crippen molar-refractivity contribution in [2.24, 2.45) is 0 Å². The molecule has 1 N–H and O–H groups in total. The smallest absolute Gasteiger partial charge is 0.336 e. The molecule has 4 nitrogen and oxygen atoms in total. The number of ether oxygens (including phenoxy) is 2. The first-order valence-electron chi connectivity index (χ1n) is 6.00. The fourth-order valence-electron chi connectivity index (χ4n) is 1.71. The van der Waals surface area contributed by atoms with Crippen molar-refractivity contribution in [2.45, 2.75) is 33.8 Å². The maximum Gasteiger partial charge on any atom is 0.336 e. The molecule has 0 heterocycles. The fourth-order valence-corrected chi connectivity index (χ4v) is 1.71. The van der Waals surface area contributed by atoms with Crippen LogP contribution >= 0.6 is 0 Å². The summed E-state index contributed by atoms with van der Waals surface area (Å²) in [5.41, 5.74) is 3.26. The summed E-state index contributed by atoms with van der Waals surface area (Å²) in [5.74, 6) is -0.280. The summed E-state index contributed by atoms with van der Waals surface area (Å²) in [7, 11) is 0. The lowest BCUT2D eigenvalue weighted by molar-refractivity contribution is -0.152. The number of carbonyl (C=O) groups is 1. The Hall–Kier alpha value is -1.55. The van der Waals surface area contributed by atoms with Gasteiger partial charge in [-0.05, 0) is 50.5 Å². The molecule has 0 aliphatic rings. The number of hydrogen-bond acceptors (Lipinski definition) is 3. The topological polar surface area (TPSA) is 55.8 Å². The molecule has 100 valence electrons. The van der Waals surface area contributed by atoms with E-state index in [0.29, 0.717) is 6.61 Å². The van der Waals surface area contributed by atoms with Gasteiger partial charge in [0.1, 0.15) is 12.4 Å². The summed E-state index contributed by atoms with van der Waals surface area (Å²) in [6.45, 7) is 8.08. The molecule has 0 fully saturated rings. The van der Waals surface area contributed by atoms with Crippen LogP contribution in [0.1, 0.15) is 23.6 Å². The van der Waals surface area contributed by atoms with Gasteiger partial charge in [0.15, 0.2) is 6.10 Å². The van der Waals surface area contributed by atoms with E-state index in [1.807, 2.05) is 26.8 Å². The number of aryl methyl sites for hydroxylation is 2. The Bertz CT molecular complexity index is 426. The zero-order valence-corrected chi connectivity index (χ0v) is 11.3. The van der Waals surface area contributed by atoms with E-state index in [9.17, 15) is 4.79 Å². The predicted octanol–water partition coefficient (Wildman–Crippen LogP) is 2.48. The third-order valence-corrected chi connectivity index (χ3v) is 2.80. The Morgan fingerprint density at radius 1 is 1.33 bits per heavy atom. The average molecular weight is 252 g/mol. The highest BCUT2D eigenvalue weighted by molar-refractivity contribution is 5.72. The molecule has 18 heavy (non-hydrogen) atoms. The molecule has 1 atom stereocenters. The molecular weight excluding hydrogens is 232 g/mol. The summed E-state index contributed by atoms with van der Waals surface area (Å²) in [6.07, 6.45) is -0.921. The normalized spacial score (nSPS) is 12.2. The Morgan fingerprint density at radius 3 is 2.56 bits per heavy atom. The largest absolute Gasteiger partial charge is 0.490 e. The van der Waals surface area contributed by atoms with Crippen molar-refractivity contribution in [1.29, 1.82) is 0 Å². The van der Waals surface area contributed by atoms with Crippen molar-refractivity contribution in [1.82, 2.24) is 0 Å². The molecule has 0 amide bonds. The molecule has 1 aromatic rings. The zero-order valence-electron chi connectivity index (χ0n) is 11.3. The number of carboxylic acid groups (broad SMARTS) is 1. The molecule has 0 aliphatic heterocycles. The predicted molar refractivity (Wildman–Crippen MR) is 69.2 cm³/mol. The fraction of sp³-hybridized carbons (Fsp3) is 0.500. The highest BCUT2D eigenvalue weighted by Crippen LogP contribution is 2.23. The number of rotatable bonds is 6. The van der Waals surface area contributed by atoms with Crippen LogP contribution in [-0.4, -0.2) is 30.4 Å². The van der Waals surface area contributed by atoms with Gasteiger partial charge in [0.2, 0.25) is 0 Å². The van der Waals surface area contributed by atoms with Gasteiger partial charge < -0.3 is 14.6 Å². The maximum atomic E-state index is 10.9. The Balaban J connectivity index is 2.76. The van der Waals surface area contributed by atoms with Crippen molar-refractivity contribution < 1.29 is 19.4 Å². The van der Waals surface area contributed by atoms with Crippen LogP contribution in [0, 0.1) is 20.8 Å². The van der Waals surface area contributed by atoms with Crippen LogP contribution in [0.15, 0.2) is 12.1 Å². The maximum absolute atomic E-state index is 10.9. The van der Waals surface area contributed by atoms with Gasteiger partial charge in [0.25, 0.3) is 0 Å². The summed E-state index contributed by atoms with van der Waals surface area (Å²) < 4.78 is 10.7. The molecule has 1 unspecified atom stereocenters. The van der Waals surface area contributed by atoms with Crippen LogP contribution in [0.3, 0.4) is 0 Å². The van der Waals surface area contributed by atoms with Gasteiger partial charge in [0, 0.05) is 6.61 Å². The van der Waals surface area contributed by atoms with Gasteiger partial charge in [-0.2, -0.15) is 0 Å². The lowest BCUT2D eigenvalue weighted by Gasteiger charge is -2.16. The van der Waals surface area contributed by atoms with E-state index < -0.39 is 12.1 Å². The first-order valence-corrected chi connectivity index (χ1v) is 6.00. The quantitative estimate of drug-likeness (QED) is 0.845. The van der Waals surface area contributed by atoms with Crippen molar-refractivity contribution in [3.63, 3.8) is 0 Å². The van der Waals surface area contributed by atoms with E-state index in [1.165, 1.54) is 0 Å². The van der Waals surface area contributed by atoms with E-state index in [-0.39, 0.29) is 6.61 Å². The number of carboxylic acids is 1. The molecular formula is C14H20O4. The SMILES string of the molecule is CCOC(COc1cc(C)cc(C)c1C)C(=O)O. The summed E-state index contributed by atoms with van der Waals surface area (Å²) in [5, 5.41) is 8.96. The number of benzene rings is 1. The highest BCUT2D eigenvalue weighted by atomic mass is 16.5. The summed E-state index contributed by atoms with van der Waals surface area (Å²) in [4.78, 5) is 10.9. The summed E-state index contributed by atoms with van der Waals surface area (Å²) in [6, 6.07) is 3.98. The van der Waals surface area contributed by atoms with Crippen LogP contribution in [0.4, 0.5) is 0 Å². The molecule has 0 spiro atoms. The Kier molecular flexibility index (Phi) is 5.16. The van der Waals surface area contributed by atoms with Crippen LogP contribution in [0.25, 0.3) is 0 Å².